The van der Waals surface area contributed by atoms with E-state index < -0.39 is 0 Å². The highest BCUT2D eigenvalue weighted by Crippen LogP contribution is 2.21. The highest BCUT2D eigenvalue weighted by Gasteiger charge is 2.13. The Balaban J connectivity index is 2.00. The molecule has 6 heteroatoms. The predicted octanol–water partition coefficient (Wildman–Crippen LogP) is 2.58. The molecular formula is C17H22N2O3S. The SMILES string of the molecule is COc1ccc(C)cc1CN(C)C(=O)CCn1c(C)csc1=O. The number of methoxy groups -OCH3 is 1. The minimum absolute atomic E-state index is 0.00561. The molecule has 0 saturated carbocycles. The van der Waals surface area contributed by atoms with Crippen LogP contribution in [0.15, 0.2) is 28.4 Å². The molecule has 1 heterocycles. The second kappa shape index (κ2) is 7.46. The molecule has 23 heavy (non-hydrogen) atoms. The molecule has 1 amide bonds. The van der Waals surface area contributed by atoms with Gasteiger partial charge in [-0.1, -0.05) is 29.0 Å². The van der Waals surface area contributed by atoms with Crippen LogP contribution in [0.25, 0.3) is 0 Å². The zero-order valence-electron chi connectivity index (χ0n) is 14.0. The molecule has 0 unspecified atom stereocenters. The summed E-state index contributed by atoms with van der Waals surface area (Å²) < 4.78 is 6.99. The topological polar surface area (TPSA) is 51.5 Å². The Labute approximate surface area is 140 Å². The summed E-state index contributed by atoms with van der Waals surface area (Å²) >= 11 is 1.17. The summed E-state index contributed by atoms with van der Waals surface area (Å²) in [4.78, 5) is 25.7. The highest BCUT2D eigenvalue weighted by atomic mass is 32.1. The van der Waals surface area contributed by atoms with Crippen molar-refractivity contribution in [3.8, 4) is 5.75 Å². The summed E-state index contributed by atoms with van der Waals surface area (Å²) in [5.41, 5.74) is 3.00. The molecule has 0 fully saturated rings. The molecule has 124 valence electrons. The monoisotopic (exact) mass is 334 g/mol. The molecule has 0 N–H and O–H groups in total. The van der Waals surface area contributed by atoms with Crippen LogP contribution < -0.4 is 9.61 Å². The lowest BCUT2D eigenvalue weighted by molar-refractivity contribution is -0.130. The van der Waals surface area contributed by atoms with E-state index in [4.69, 9.17) is 4.74 Å². The van der Waals surface area contributed by atoms with Gasteiger partial charge in [0, 0.05) is 43.2 Å². The molecule has 0 spiro atoms. The average Bonchev–Trinajstić information content (AvgIpc) is 2.84. The Bertz CT molecular complexity index is 749. The summed E-state index contributed by atoms with van der Waals surface area (Å²) in [6.07, 6.45) is 0.308. The van der Waals surface area contributed by atoms with Crippen molar-refractivity contribution in [2.45, 2.75) is 33.4 Å². The van der Waals surface area contributed by atoms with Crippen LogP contribution in [0.3, 0.4) is 0 Å². The van der Waals surface area contributed by atoms with Crippen LogP contribution in [0, 0.1) is 13.8 Å². The van der Waals surface area contributed by atoms with Gasteiger partial charge in [0.1, 0.15) is 5.75 Å². The van der Waals surface area contributed by atoms with Crippen LogP contribution in [0.5, 0.6) is 5.75 Å². The van der Waals surface area contributed by atoms with Gasteiger partial charge in [-0.2, -0.15) is 0 Å². The van der Waals surface area contributed by atoms with Gasteiger partial charge < -0.3 is 14.2 Å². The third-order valence-electron chi connectivity index (χ3n) is 3.79. The van der Waals surface area contributed by atoms with Gasteiger partial charge in [0.05, 0.1) is 7.11 Å². The van der Waals surface area contributed by atoms with Crippen molar-refractivity contribution in [1.82, 2.24) is 9.47 Å². The quantitative estimate of drug-likeness (QED) is 0.816. The van der Waals surface area contributed by atoms with Crippen LogP contribution in [0.2, 0.25) is 0 Å². The van der Waals surface area contributed by atoms with Crippen LogP contribution in [0.1, 0.15) is 23.2 Å². The molecule has 1 aromatic heterocycles. The first-order valence-electron chi connectivity index (χ1n) is 7.44. The lowest BCUT2D eigenvalue weighted by Crippen LogP contribution is -2.28. The molecule has 0 bridgehead atoms. The number of ether oxygens (including phenoxy) is 1. The molecular weight excluding hydrogens is 312 g/mol. The number of aromatic nitrogens is 1. The third kappa shape index (κ3) is 4.22. The summed E-state index contributed by atoms with van der Waals surface area (Å²) in [5, 5.41) is 1.81. The lowest BCUT2D eigenvalue weighted by atomic mass is 10.1. The Kier molecular flexibility index (Phi) is 5.60. The lowest BCUT2D eigenvalue weighted by Gasteiger charge is -2.19. The number of amides is 1. The number of carbonyl (C=O) groups excluding carboxylic acids is 1. The second-order valence-corrected chi connectivity index (χ2v) is 6.43. The number of hydrogen-bond donors (Lipinski definition) is 0. The van der Waals surface area contributed by atoms with Gasteiger partial charge in [0.25, 0.3) is 0 Å². The zero-order valence-corrected chi connectivity index (χ0v) is 14.8. The smallest absolute Gasteiger partial charge is 0.307 e. The van der Waals surface area contributed by atoms with Crippen molar-refractivity contribution in [1.29, 1.82) is 0 Å². The summed E-state index contributed by atoms with van der Waals surface area (Å²) in [5.74, 6) is 0.784. The van der Waals surface area contributed by atoms with Crippen molar-refractivity contribution >= 4 is 17.2 Å². The van der Waals surface area contributed by atoms with Crippen molar-refractivity contribution in [3.05, 3.63) is 50.1 Å². The molecule has 0 aliphatic heterocycles. The highest BCUT2D eigenvalue weighted by molar-refractivity contribution is 7.07. The van der Waals surface area contributed by atoms with Gasteiger partial charge in [-0.3, -0.25) is 9.59 Å². The average molecular weight is 334 g/mol. The minimum Gasteiger partial charge on any atom is -0.496 e. The second-order valence-electron chi connectivity index (χ2n) is 5.61. The third-order valence-corrected chi connectivity index (χ3v) is 4.68. The van der Waals surface area contributed by atoms with E-state index in [0.717, 1.165) is 22.6 Å². The predicted molar refractivity (Wildman–Crippen MR) is 92.1 cm³/mol. The van der Waals surface area contributed by atoms with Gasteiger partial charge in [0.2, 0.25) is 5.91 Å². The first-order valence-corrected chi connectivity index (χ1v) is 8.32. The van der Waals surface area contributed by atoms with E-state index in [1.165, 1.54) is 11.3 Å². The largest absolute Gasteiger partial charge is 0.496 e. The number of hydrogen-bond acceptors (Lipinski definition) is 4. The number of aryl methyl sites for hydroxylation is 2. The summed E-state index contributed by atoms with van der Waals surface area (Å²) in [7, 11) is 3.40. The van der Waals surface area contributed by atoms with Crippen molar-refractivity contribution in [2.75, 3.05) is 14.2 Å². The van der Waals surface area contributed by atoms with Gasteiger partial charge in [-0.15, -0.1) is 0 Å². The Morgan fingerprint density at radius 1 is 1.35 bits per heavy atom. The van der Waals surface area contributed by atoms with Crippen LogP contribution in [0.4, 0.5) is 0 Å². The zero-order chi connectivity index (χ0) is 17.0. The van der Waals surface area contributed by atoms with Gasteiger partial charge in [0.15, 0.2) is 0 Å². The fourth-order valence-corrected chi connectivity index (χ4v) is 3.21. The van der Waals surface area contributed by atoms with E-state index in [1.54, 1.807) is 23.6 Å². The van der Waals surface area contributed by atoms with E-state index in [-0.39, 0.29) is 10.8 Å². The summed E-state index contributed by atoms with van der Waals surface area (Å²) in [6, 6.07) is 5.92. The van der Waals surface area contributed by atoms with E-state index in [1.807, 2.05) is 37.4 Å². The maximum atomic E-state index is 12.3. The molecule has 0 radical (unpaired) electrons. The molecule has 1 aromatic carbocycles. The van der Waals surface area contributed by atoms with Crippen LogP contribution in [-0.4, -0.2) is 29.5 Å². The van der Waals surface area contributed by atoms with Gasteiger partial charge >= 0.3 is 4.87 Å². The maximum Gasteiger partial charge on any atom is 0.307 e. The first kappa shape index (κ1) is 17.3. The Morgan fingerprint density at radius 3 is 2.70 bits per heavy atom. The van der Waals surface area contributed by atoms with Gasteiger partial charge in [-0.25, -0.2) is 0 Å². The number of nitrogens with zero attached hydrogens (tertiary/aromatic N) is 2. The summed E-state index contributed by atoms with van der Waals surface area (Å²) in [6.45, 7) is 4.80. The van der Waals surface area contributed by atoms with E-state index in [0.29, 0.717) is 19.5 Å². The molecule has 0 saturated heterocycles. The fraction of sp³-hybridized carbons (Fsp3) is 0.412. The van der Waals surface area contributed by atoms with Crippen molar-refractivity contribution < 1.29 is 9.53 Å². The number of thiazole rings is 1. The molecule has 0 aliphatic carbocycles. The van der Waals surface area contributed by atoms with Gasteiger partial charge in [-0.05, 0) is 19.9 Å². The number of carbonyl (C=O) groups is 1. The number of benzene rings is 1. The Morgan fingerprint density at radius 2 is 2.09 bits per heavy atom. The normalized spacial score (nSPS) is 10.6. The molecule has 2 aromatic rings. The first-order chi connectivity index (χ1) is 10.9. The molecule has 0 atom stereocenters. The minimum atomic E-state index is -0.0155. The van der Waals surface area contributed by atoms with Crippen molar-refractivity contribution in [2.24, 2.45) is 0 Å². The fourth-order valence-electron chi connectivity index (χ4n) is 2.45. The van der Waals surface area contributed by atoms with Crippen LogP contribution >= 0.6 is 11.3 Å². The standard InChI is InChI=1S/C17H22N2O3S/c1-12-5-6-15(22-4)14(9-12)10-18(3)16(20)7-8-19-13(2)11-23-17(19)21/h5-6,9,11H,7-8,10H2,1-4H3. The number of rotatable bonds is 6. The molecule has 0 aliphatic rings. The van der Waals surface area contributed by atoms with Crippen molar-refractivity contribution in [3.63, 3.8) is 0 Å². The van der Waals surface area contributed by atoms with E-state index in [9.17, 15) is 9.59 Å². The van der Waals surface area contributed by atoms with E-state index >= 15 is 0 Å². The molecule has 2 rings (SSSR count). The molecule has 5 nitrogen and oxygen atoms in total. The van der Waals surface area contributed by atoms with Crippen LogP contribution in [-0.2, 0) is 17.9 Å². The maximum absolute atomic E-state index is 12.3. The van der Waals surface area contributed by atoms with E-state index in [2.05, 4.69) is 0 Å². The Hall–Kier alpha value is -2.08.